The molecule has 1 heterocycles. The number of carboxylic acids is 1. The van der Waals surface area contributed by atoms with Crippen LogP contribution in [-0.2, 0) is 11.2 Å². The number of aliphatic carboxylic acids is 1. The Kier molecular flexibility index (Phi) is 4.31. The van der Waals surface area contributed by atoms with Crippen molar-refractivity contribution < 1.29 is 19.1 Å². The van der Waals surface area contributed by atoms with E-state index in [2.05, 4.69) is 0 Å². The number of ether oxygens (including phenoxy) is 1. The molecular formula is C16H17O5-. The maximum Gasteiger partial charge on any atom is 0.339 e. The molecule has 0 bridgehead atoms. The Morgan fingerprint density at radius 1 is 1.38 bits per heavy atom. The lowest BCUT2D eigenvalue weighted by Crippen LogP contribution is -2.24. The molecule has 0 saturated heterocycles. The molecule has 1 aromatic carbocycles. The van der Waals surface area contributed by atoms with Crippen LogP contribution < -0.4 is 15.5 Å². The molecule has 0 unspecified atom stereocenters. The second kappa shape index (κ2) is 5.99. The van der Waals surface area contributed by atoms with Crippen LogP contribution in [0.3, 0.4) is 0 Å². The molecule has 5 nitrogen and oxygen atoms in total. The van der Waals surface area contributed by atoms with Crippen molar-refractivity contribution in [1.29, 1.82) is 0 Å². The Hall–Kier alpha value is -2.30. The summed E-state index contributed by atoms with van der Waals surface area (Å²) in [5, 5.41) is 11.3. The predicted molar refractivity (Wildman–Crippen MR) is 76.3 cm³/mol. The van der Waals surface area contributed by atoms with E-state index in [1.807, 2.05) is 19.9 Å². The molecule has 0 atom stereocenters. The van der Waals surface area contributed by atoms with Crippen molar-refractivity contribution in [2.45, 2.75) is 39.7 Å². The van der Waals surface area contributed by atoms with Gasteiger partial charge in [0, 0.05) is 23.0 Å². The van der Waals surface area contributed by atoms with Crippen LogP contribution in [0.5, 0.6) is 5.75 Å². The number of rotatable bonds is 5. The summed E-state index contributed by atoms with van der Waals surface area (Å²) in [5.74, 6) is -0.558. The second-order valence-electron chi connectivity index (χ2n) is 5.19. The molecule has 0 fully saturated rings. The first-order chi connectivity index (χ1) is 9.88. The lowest BCUT2D eigenvalue weighted by atomic mass is 10.0. The molecule has 0 radical (unpaired) electrons. The van der Waals surface area contributed by atoms with Crippen molar-refractivity contribution >= 4 is 16.9 Å². The van der Waals surface area contributed by atoms with Crippen molar-refractivity contribution in [3.63, 3.8) is 0 Å². The van der Waals surface area contributed by atoms with Gasteiger partial charge in [0.05, 0.1) is 6.10 Å². The minimum absolute atomic E-state index is 0.0256. The molecule has 5 heteroatoms. The summed E-state index contributed by atoms with van der Waals surface area (Å²) < 4.78 is 10.8. The molecule has 2 rings (SSSR count). The number of carboxylic acid groups (broad SMARTS) is 1. The monoisotopic (exact) mass is 289 g/mol. The molecule has 112 valence electrons. The van der Waals surface area contributed by atoms with Gasteiger partial charge in [-0.05, 0) is 51.3 Å². The number of benzene rings is 1. The van der Waals surface area contributed by atoms with E-state index in [-0.39, 0.29) is 18.9 Å². The van der Waals surface area contributed by atoms with E-state index in [0.29, 0.717) is 16.9 Å². The van der Waals surface area contributed by atoms with Gasteiger partial charge in [-0.3, -0.25) is 0 Å². The van der Waals surface area contributed by atoms with Crippen LogP contribution in [-0.4, -0.2) is 12.1 Å². The van der Waals surface area contributed by atoms with Gasteiger partial charge < -0.3 is 19.1 Å². The summed E-state index contributed by atoms with van der Waals surface area (Å²) in [6.07, 6.45) is -0.0693. The van der Waals surface area contributed by atoms with Crippen molar-refractivity contribution in [3.05, 3.63) is 39.7 Å². The average Bonchev–Trinajstić information content (AvgIpc) is 2.36. The van der Waals surface area contributed by atoms with E-state index in [1.54, 1.807) is 19.1 Å². The molecule has 0 spiro atoms. The zero-order valence-corrected chi connectivity index (χ0v) is 12.3. The highest BCUT2D eigenvalue weighted by Crippen LogP contribution is 2.25. The molecule has 0 amide bonds. The first kappa shape index (κ1) is 15.1. The van der Waals surface area contributed by atoms with Gasteiger partial charge >= 0.3 is 5.63 Å². The van der Waals surface area contributed by atoms with E-state index in [9.17, 15) is 14.7 Å². The molecule has 2 aromatic rings. The summed E-state index contributed by atoms with van der Waals surface area (Å²) in [4.78, 5) is 22.5. The highest BCUT2D eigenvalue weighted by molar-refractivity contribution is 5.82. The smallest absolute Gasteiger partial charge is 0.339 e. The third-order valence-electron chi connectivity index (χ3n) is 3.21. The Morgan fingerprint density at radius 2 is 2.10 bits per heavy atom. The third-order valence-corrected chi connectivity index (χ3v) is 3.21. The third kappa shape index (κ3) is 3.42. The lowest BCUT2D eigenvalue weighted by molar-refractivity contribution is -0.305. The lowest BCUT2D eigenvalue weighted by Gasteiger charge is -2.12. The summed E-state index contributed by atoms with van der Waals surface area (Å²) in [5.41, 5.74) is 1.04. The summed E-state index contributed by atoms with van der Waals surface area (Å²) in [7, 11) is 0. The molecule has 0 saturated carbocycles. The number of carbonyl (C=O) groups is 1. The minimum Gasteiger partial charge on any atom is -0.550 e. The van der Waals surface area contributed by atoms with Gasteiger partial charge in [-0.25, -0.2) is 4.79 Å². The fourth-order valence-electron chi connectivity index (χ4n) is 2.24. The van der Waals surface area contributed by atoms with Gasteiger partial charge in [0.25, 0.3) is 0 Å². The maximum atomic E-state index is 12.0. The molecule has 0 aliphatic carbocycles. The van der Waals surface area contributed by atoms with Crippen LogP contribution in [0.4, 0.5) is 0 Å². The standard InChI is InChI=1S/C16H18O5/c1-9(2)20-11-4-5-12-10(3)13(6-7-15(17)18)16(19)21-14(12)8-11/h4-5,8-9H,6-7H2,1-3H3,(H,17,18)/p-1. The second-order valence-corrected chi connectivity index (χ2v) is 5.19. The van der Waals surface area contributed by atoms with Crippen molar-refractivity contribution in [1.82, 2.24) is 0 Å². The minimum atomic E-state index is -1.19. The summed E-state index contributed by atoms with van der Waals surface area (Å²) >= 11 is 0. The van der Waals surface area contributed by atoms with Gasteiger partial charge in [-0.2, -0.15) is 0 Å². The van der Waals surface area contributed by atoms with Crippen LogP contribution in [0.1, 0.15) is 31.4 Å². The van der Waals surface area contributed by atoms with E-state index < -0.39 is 11.6 Å². The van der Waals surface area contributed by atoms with E-state index in [4.69, 9.17) is 9.15 Å². The normalized spacial score (nSPS) is 11.0. The topological polar surface area (TPSA) is 79.6 Å². The highest BCUT2D eigenvalue weighted by atomic mass is 16.5. The van der Waals surface area contributed by atoms with Crippen LogP contribution in [0.15, 0.2) is 27.4 Å². The van der Waals surface area contributed by atoms with Crippen LogP contribution >= 0.6 is 0 Å². The van der Waals surface area contributed by atoms with Crippen LogP contribution in [0.2, 0.25) is 0 Å². The summed E-state index contributed by atoms with van der Waals surface area (Å²) in [6.45, 7) is 5.61. The Balaban J connectivity index is 2.47. The zero-order valence-electron chi connectivity index (χ0n) is 12.3. The molecule has 0 N–H and O–H groups in total. The molecule has 0 aliphatic heterocycles. The average molecular weight is 289 g/mol. The van der Waals surface area contributed by atoms with Gasteiger partial charge in [0.15, 0.2) is 0 Å². The van der Waals surface area contributed by atoms with E-state index >= 15 is 0 Å². The first-order valence-corrected chi connectivity index (χ1v) is 6.81. The van der Waals surface area contributed by atoms with E-state index in [0.717, 1.165) is 10.9 Å². The fourth-order valence-corrected chi connectivity index (χ4v) is 2.24. The molecule has 21 heavy (non-hydrogen) atoms. The number of hydrogen-bond donors (Lipinski definition) is 0. The summed E-state index contributed by atoms with van der Waals surface area (Å²) in [6, 6.07) is 5.29. The van der Waals surface area contributed by atoms with E-state index in [1.165, 1.54) is 0 Å². The quantitative estimate of drug-likeness (QED) is 0.781. The number of aryl methyl sites for hydroxylation is 1. The largest absolute Gasteiger partial charge is 0.550 e. The maximum absolute atomic E-state index is 12.0. The molecule has 1 aromatic heterocycles. The van der Waals surface area contributed by atoms with Crippen molar-refractivity contribution in [2.75, 3.05) is 0 Å². The Bertz CT molecular complexity index is 727. The number of carbonyl (C=O) groups excluding carboxylic acids is 1. The SMILES string of the molecule is Cc1c(CCC(=O)[O-])c(=O)oc2cc(OC(C)C)ccc12. The predicted octanol–water partition coefficient (Wildman–Crippen LogP) is 1.57. The first-order valence-electron chi connectivity index (χ1n) is 6.81. The molecule has 0 aliphatic rings. The zero-order chi connectivity index (χ0) is 15.6. The van der Waals surface area contributed by atoms with Gasteiger partial charge in [-0.15, -0.1) is 0 Å². The Morgan fingerprint density at radius 3 is 2.71 bits per heavy atom. The fraction of sp³-hybridized carbons (Fsp3) is 0.375. The number of fused-ring (bicyclic) bond motifs is 1. The van der Waals surface area contributed by atoms with Gasteiger partial charge in [0.2, 0.25) is 0 Å². The van der Waals surface area contributed by atoms with Crippen molar-refractivity contribution in [3.8, 4) is 5.75 Å². The van der Waals surface area contributed by atoms with Gasteiger partial charge in [-0.1, -0.05) is 0 Å². The van der Waals surface area contributed by atoms with Crippen LogP contribution in [0, 0.1) is 6.92 Å². The highest BCUT2D eigenvalue weighted by Gasteiger charge is 2.12. The number of hydrogen-bond acceptors (Lipinski definition) is 5. The van der Waals surface area contributed by atoms with Crippen LogP contribution in [0.25, 0.3) is 11.0 Å². The molecular weight excluding hydrogens is 272 g/mol. The Labute approximate surface area is 122 Å². The van der Waals surface area contributed by atoms with Crippen molar-refractivity contribution in [2.24, 2.45) is 0 Å². The van der Waals surface area contributed by atoms with Gasteiger partial charge in [0.1, 0.15) is 11.3 Å².